The van der Waals surface area contributed by atoms with Gasteiger partial charge >= 0.3 is 0 Å². The van der Waals surface area contributed by atoms with E-state index in [1.54, 1.807) is 0 Å². The molecule has 1 rings (SSSR count). The average Bonchev–Trinajstić information content (AvgIpc) is 2.34. The molecule has 17 heavy (non-hydrogen) atoms. The maximum atomic E-state index is 3.83. The van der Waals surface area contributed by atoms with Crippen LogP contribution >= 0.6 is 0 Å². The third-order valence-corrected chi connectivity index (χ3v) is 1.88. The van der Waals surface area contributed by atoms with Crippen LogP contribution in [0.4, 0.5) is 0 Å². The molecule has 0 spiro atoms. The molecule has 0 radical (unpaired) electrons. The van der Waals surface area contributed by atoms with Gasteiger partial charge in [0.1, 0.15) is 0 Å². The van der Waals surface area contributed by atoms with Crippen molar-refractivity contribution in [2.75, 3.05) is 0 Å². The zero-order valence-electron chi connectivity index (χ0n) is 12.4. The van der Waals surface area contributed by atoms with Gasteiger partial charge in [0.2, 0.25) is 0 Å². The van der Waals surface area contributed by atoms with Crippen molar-refractivity contribution in [2.45, 2.75) is 54.0 Å². The molecule has 0 aliphatic heterocycles. The molecular formula is C16H29N. The van der Waals surface area contributed by atoms with Crippen molar-refractivity contribution in [1.82, 2.24) is 5.32 Å². The molecule has 1 aromatic rings. The predicted molar refractivity (Wildman–Crippen MR) is 80.3 cm³/mol. The van der Waals surface area contributed by atoms with Gasteiger partial charge in [0.25, 0.3) is 0 Å². The van der Waals surface area contributed by atoms with Crippen molar-refractivity contribution in [3.63, 3.8) is 0 Å². The van der Waals surface area contributed by atoms with Crippen molar-refractivity contribution in [2.24, 2.45) is 0 Å². The monoisotopic (exact) mass is 235 g/mol. The first-order valence-corrected chi connectivity index (χ1v) is 6.64. The van der Waals surface area contributed by atoms with Crippen LogP contribution < -0.4 is 5.32 Å². The number of benzene rings is 1. The van der Waals surface area contributed by atoms with Crippen molar-refractivity contribution >= 4 is 0 Å². The zero-order valence-corrected chi connectivity index (χ0v) is 12.4. The summed E-state index contributed by atoms with van der Waals surface area (Å²) in [4.78, 5) is 0. The SMILES string of the molecule is C=C(C)NC(C)Cc1ccccc1.CC.CC. The summed E-state index contributed by atoms with van der Waals surface area (Å²) in [5, 5.41) is 3.30. The van der Waals surface area contributed by atoms with Gasteiger partial charge in [-0.15, -0.1) is 0 Å². The second-order valence-electron chi connectivity index (χ2n) is 3.52. The van der Waals surface area contributed by atoms with Gasteiger partial charge in [-0.3, -0.25) is 0 Å². The minimum Gasteiger partial charge on any atom is -0.386 e. The van der Waals surface area contributed by atoms with Crippen LogP contribution in [0.2, 0.25) is 0 Å². The van der Waals surface area contributed by atoms with Crippen molar-refractivity contribution < 1.29 is 0 Å². The molecule has 1 N–H and O–H groups in total. The van der Waals surface area contributed by atoms with Gasteiger partial charge in [-0.05, 0) is 25.8 Å². The molecule has 98 valence electrons. The Morgan fingerprint density at radius 1 is 1.12 bits per heavy atom. The molecule has 1 aromatic carbocycles. The van der Waals surface area contributed by atoms with E-state index in [2.05, 4.69) is 43.1 Å². The minimum absolute atomic E-state index is 0.458. The Kier molecular flexibility index (Phi) is 13.7. The Morgan fingerprint density at radius 2 is 1.59 bits per heavy atom. The summed E-state index contributed by atoms with van der Waals surface area (Å²) in [5.74, 6) is 0. The molecule has 0 saturated heterocycles. The number of rotatable bonds is 4. The molecule has 0 saturated carbocycles. The highest BCUT2D eigenvalue weighted by atomic mass is 14.9. The smallest absolute Gasteiger partial charge is 0.0270 e. The lowest BCUT2D eigenvalue weighted by molar-refractivity contribution is 0.612. The second-order valence-corrected chi connectivity index (χ2v) is 3.52. The Bertz CT molecular complexity index is 264. The maximum Gasteiger partial charge on any atom is 0.0270 e. The summed E-state index contributed by atoms with van der Waals surface area (Å²) < 4.78 is 0. The van der Waals surface area contributed by atoms with Gasteiger partial charge in [0, 0.05) is 11.7 Å². The molecule has 1 nitrogen and oxygen atoms in total. The molecule has 0 bridgehead atoms. The van der Waals surface area contributed by atoms with E-state index in [4.69, 9.17) is 0 Å². The van der Waals surface area contributed by atoms with Gasteiger partial charge in [-0.2, -0.15) is 0 Å². The molecule has 0 aliphatic rings. The van der Waals surface area contributed by atoms with Crippen LogP contribution in [0.15, 0.2) is 42.6 Å². The first-order chi connectivity index (χ1) is 8.18. The Labute approximate surface area is 108 Å². The van der Waals surface area contributed by atoms with E-state index in [1.807, 2.05) is 40.7 Å². The van der Waals surface area contributed by atoms with Gasteiger partial charge in [0.15, 0.2) is 0 Å². The summed E-state index contributed by atoms with van der Waals surface area (Å²) in [6.45, 7) is 16.0. The lowest BCUT2D eigenvalue weighted by atomic mass is 10.1. The molecule has 1 atom stereocenters. The summed E-state index contributed by atoms with van der Waals surface area (Å²) >= 11 is 0. The molecule has 0 aliphatic carbocycles. The standard InChI is InChI=1S/C12H17N.2C2H6/c1-10(2)13-11(3)9-12-7-5-4-6-8-12;2*1-2/h4-8,11,13H,1,9H2,2-3H3;2*1-2H3. The fraction of sp³-hybridized carbons (Fsp3) is 0.500. The zero-order chi connectivity index (χ0) is 13.7. The third-order valence-electron chi connectivity index (χ3n) is 1.88. The van der Waals surface area contributed by atoms with E-state index in [-0.39, 0.29) is 0 Å². The summed E-state index contributed by atoms with van der Waals surface area (Å²) in [6.07, 6.45) is 1.05. The molecule has 0 amide bonds. The largest absolute Gasteiger partial charge is 0.386 e. The molecule has 1 unspecified atom stereocenters. The second kappa shape index (κ2) is 12.8. The highest BCUT2D eigenvalue weighted by Gasteiger charge is 2.00. The lowest BCUT2D eigenvalue weighted by Crippen LogP contribution is -2.25. The third kappa shape index (κ3) is 11.0. The predicted octanol–water partition coefficient (Wildman–Crippen LogP) is 4.79. The van der Waals surface area contributed by atoms with E-state index in [0.29, 0.717) is 6.04 Å². The quantitative estimate of drug-likeness (QED) is 0.791. The molecule has 1 heteroatoms. The Hall–Kier alpha value is -1.24. The van der Waals surface area contributed by atoms with Crippen molar-refractivity contribution in [3.8, 4) is 0 Å². The topological polar surface area (TPSA) is 12.0 Å². The van der Waals surface area contributed by atoms with Crippen LogP contribution in [-0.2, 0) is 6.42 Å². The van der Waals surface area contributed by atoms with Gasteiger partial charge < -0.3 is 5.32 Å². The summed E-state index contributed by atoms with van der Waals surface area (Å²) in [6, 6.07) is 10.9. The van der Waals surface area contributed by atoms with E-state index < -0.39 is 0 Å². The van der Waals surface area contributed by atoms with Gasteiger partial charge in [0.05, 0.1) is 0 Å². The summed E-state index contributed by atoms with van der Waals surface area (Å²) in [5.41, 5.74) is 2.40. The average molecular weight is 235 g/mol. The van der Waals surface area contributed by atoms with Crippen LogP contribution in [0.3, 0.4) is 0 Å². The number of allylic oxidation sites excluding steroid dienone is 1. The first kappa shape index (κ1) is 18.1. The molecule has 0 aromatic heterocycles. The van der Waals surface area contributed by atoms with E-state index in [1.165, 1.54) is 5.56 Å². The Morgan fingerprint density at radius 3 is 2.00 bits per heavy atom. The first-order valence-electron chi connectivity index (χ1n) is 6.64. The van der Waals surface area contributed by atoms with Crippen molar-refractivity contribution in [3.05, 3.63) is 48.2 Å². The van der Waals surface area contributed by atoms with E-state index in [0.717, 1.165) is 12.1 Å². The number of nitrogens with one attached hydrogen (secondary N) is 1. The van der Waals surface area contributed by atoms with Crippen LogP contribution in [0.1, 0.15) is 47.1 Å². The van der Waals surface area contributed by atoms with Crippen molar-refractivity contribution in [1.29, 1.82) is 0 Å². The normalized spacial score (nSPS) is 10.0. The molecule has 0 heterocycles. The molecular weight excluding hydrogens is 206 g/mol. The van der Waals surface area contributed by atoms with E-state index in [9.17, 15) is 0 Å². The summed E-state index contributed by atoms with van der Waals surface area (Å²) in [7, 11) is 0. The van der Waals surface area contributed by atoms with Gasteiger partial charge in [-0.25, -0.2) is 0 Å². The van der Waals surface area contributed by atoms with Crippen LogP contribution in [0.5, 0.6) is 0 Å². The van der Waals surface area contributed by atoms with Gasteiger partial charge in [-0.1, -0.05) is 64.6 Å². The maximum absolute atomic E-state index is 3.83. The minimum atomic E-state index is 0.458. The molecule has 0 fully saturated rings. The fourth-order valence-corrected chi connectivity index (χ4v) is 1.44. The highest BCUT2D eigenvalue weighted by Crippen LogP contribution is 2.03. The fourth-order valence-electron chi connectivity index (χ4n) is 1.44. The van der Waals surface area contributed by atoms with Crippen LogP contribution in [0.25, 0.3) is 0 Å². The van der Waals surface area contributed by atoms with E-state index >= 15 is 0 Å². The number of hydrogen-bond acceptors (Lipinski definition) is 1. The van der Waals surface area contributed by atoms with Crippen LogP contribution in [0, 0.1) is 0 Å². The lowest BCUT2D eigenvalue weighted by Gasteiger charge is -2.14. The van der Waals surface area contributed by atoms with Crippen LogP contribution in [-0.4, -0.2) is 6.04 Å². The Balaban J connectivity index is 0. The number of hydrogen-bond donors (Lipinski definition) is 1. The highest BCUT2D eigenvalue weighted by molar-refractivity contribution is 5.15.